The van der Waals surface area contributed by atoms with Crippen LogP contribution in [-0.4, -0.2) is 15.5 Å². The molecule has 0 bridgehead atoms. The summed E-state index contributed by atoms with van der Waals surface area (Å²) in [6.45, 7) is 3.68. The smallest absolute Gasteiger partial charge is 0.261 e. The number of rotatable bonds is 3. The van der Waals surface area contributed by atoms with Crippen molar-refractivity contribution in [1.82, 2.24) is 14.9 Å². The highest BCUT2D eigenvalue weighted by Crippen LogP contribution is 2.18. The quantitative estimate of drug-likeness (QED) is 0.783. The summed E-state index contributed by atoms with van der Waals surface area (Å²) in [5, 5.41) is 3.91. The fourth-order valence-corrected chi connectivity index (χ4v) is 2.98. The van der Waals surface area contributed by atoms with Crippen LogP contribution in [0.2, 0.25) is 5.02 Å². The van der Waals surface area contributed by atoms with Gasteiger partial charge in [-0.25, -0.2) is 4.98 Å². The van der Waals surface area contributed by atoms with Crippen molar-refractivity contribution in [2.24, 2.45) is 7.05 Å². The fourth-order valence-electron chi connectivity index (χ4n) is 2.82. The third kappa shape index (κ3) is 3.28. The van der Waals surface area contributed by atoms with Gasteiger partial charge in [-0.15, -0.1) is 0 Å². The normalized spacial score (nSPS) is 12.2. The average molecular weight is 356 g/mol. The molecule has 3 aromatic rings. The molecule has 0 saturated heterocycles. The number of nitrogens with one attached hydrogen (secondary N) is 1. The van der Waals surface area contributed by atoms with Gasteiger partial charge in [-0.1, -0.05) is 29.8 Å². The van der Waals surface area contributed by atoms with Crippen molar-refractivity contribution < 1.29 is 4.79 Å². The fraction of sp³-hybridized carbons (Fsp3) is 0.211. The molecule has 1 unspecified atom stereocenters. The first-order chi connectivity index (χ1) is 11.9. The molecular formula is C19H18ClN3O2. The van der Waals surface area contributed by atoms with E-state index in [2.05, 4.69) is 10.3 Å². The van der Waals surface area contributed by atoms with Crippen LogP contribution in [-0.2, 0) is 7.05 Å². The molecule has 6 heteroatoms. The number of amides is 1. The third-order valence-electron chi connectivity index (χ3n) is 4.20. The number of benzene rings is 2. The Morgan fingerprint density at radius 3 is 2.68 bits per heavy atom. The topological polar surface area (TPSA) is 64.0 Å². The van der Waals surface area contributed by atoms with E-state index in [1.54, 1.807) is 38.2 Å². The lowest BCUT2D eigenvalue weighted by atomic mass is 10.1. The van der Waals surface area contributed by atoms with Gasteiger partial charge in [0, 0.05) is 17.6 Å². The molecule has 3 rings (SSSR count). The van der Waals surface area contributed by atoms with E-state index in [-0.39, 0.29) is 11.5 Å². The molecule has 1 heterocycles. The van der Waals surface area contributed by atoms with E-state index in [4.69, 9.17) is 11.6 Å². The van der Waals surface area contributed by atoms with Crippen LogP contribution in [0.15, 0.2) is 47.3 Å². The van der Waals surface area contributed by atoms with Crippen LogP contribution in [0, 0.1) is 6.92 Å². The van der Waals surface area contributed by atoms with Gasteiger partial charge < -0.3 is 5.32 Å². The molecule has 1 amide bonds. The molecule has 0 spiro atoms. The molecule has 2 aromatic carbocycles. The monoisotopic (exact) mass is 355 g/mol. The van der Waals surface area contributed by atoms with Crippen molar-refractivity contribution in [2.45, 2.75) is 19.9 Å². The van der Waals surface area contributed by atoms with Crippen molar-refractivity contribution in [1.29, 1.82) is 0 Å². The van der Waals surface area contributed by atoms with Crippen molar-refractivity contribution in [2.75, 3.05) is 0 Å². The van der Waals surface area contributed by atoms with Crippen molar-refractivity contribution >= 4 is 28.4 Å². The van der Waals surface area contributed by atoms with E-state index >= 15 is 0 Å². The second-order valence-corrected chi connectivity index (χ2v) is 6.44. The summed E-state index contributed by atoms with van der Waals surface area (Å²) in [7, 11) is 1.65. The number of carbonyl (C=O) groups excluding carboxylic acids is 1. The molecule has 0 radical (unpaired) electrons. The molecule has 25 heavy (non-hydrogen) atoms. The Morgan fingerprint density at radius 2 is 1.96 bits per heavy atom. The minimum atomic E-state index is -0.437. The summed E-state index contributed by atoms with van der Waals surface area (Å²) in [6, 6.07) is 11.9. The largest absolute Gasteiger partial charge is 0.342 e. The predicted molar refractivity (Wildman–Crippen MR) is 99.1 cm³/mol. The number of hydrogen-bond acceptors (Lipinski definition) is 3. The summed E-state index contributed by atoms with van der Waals surface area (Å²) < 4.78 is 1.46. The van der Waals surface area contributed by atoms with Gasteiger partial charge in [0.2, 0.25) is 0 Å². The zero-order valence-corrected chi connectivity index (χ0v) is 15.0. The second kappa shape index (κ2) is 6.69. The number of aromatic nitrogens is 2. The van der Waals surface area contributed by atoms with Crippen molar-refractivity contribution in [3.63, 3.8) is 0 Å². The van der Waals surface area contributed by atoms with Crippen LogP contribution in [0.5, 0.6) is 0 Å². The lowest BCUT2D eigenvalue weighted by Crippen LogP contribution is -2.33. The number of nitrogens with zero attached hydrogens (tertiary/aromatic N) is 2. The summed E-state index contributed by atoms with van der Waals surface area (Å²) in [4.78, 5) is 29.6. The summed E-state index contributed by atoms with van der Waals surface area (Å²) >= 11 is 6.01. The van der Waals surface area contributed by atoms with Crippen LogP contribution >= 0.6 is 11.6 Å². The summed E-state index contributed by atoms with van der Waals surface area (Å²) in [6.07, 6.45) is 0. The summed E-state index contributed by atoms with van der Waals surface area (Å²) in [5.41, 5.74) is 1.83. The number of hydrogen-bond donors (Lipinski definition) is 1. The number of fused-ring (bicyclic) bond motifs is 1. The molecular weight excluding hydrogens is 338 g/mol. The van der Waals surface area contributed by atoms with Gasteiger partial charge >= 0.3 is 0 Å². The molecule has 0 fully saturated rings. The van der Waals surface area contributed by atoms with Gasteiger partial charge in [0.05, 0.1) is 16.9 Å². The molecule has 1 atom stereocenters. The Bertz CT molecular complexity index is 1030. The van der Waals surface area contributed by atoms with Crippen LogP contribution < -0.4 is 10.9 Å². The predicted octanol–water partition coefficient (Wildman–Crippen LogP) is 3.39. The van der Waals surface area contributed by atoms with Crippen LogP contribution in [0.1, 0.15) is 34.7 Å². The van der Waals surface area contributed by atoms with Gasteiger partial charge in [-0.05, 0) is 43.7 Å². The molecule has 128 valence electrons. The molecule has 1 N–H and O–H groups in total. The standard InChI is InChI=1S/C19H18ClN3O2/c1-11-6-4-5-7-14(11)18(24)21-12(2)17-22-16-10-13(20)8-9-15(16)19(25)23(17)3/h4-10,12H,1-3H3,(H,21,24). The van der Waals surface area contributed by atoms with E-state index in [1.807, 2.05) is 25.1 Å². The highest BCUT2D eigenvalue weighted by molar-refractivity contribution is 6.31. The Hall–Kier alpha value is -2.66. The third-order valence-corrected chi connectivity index (χ3v) is 4.43. The van der Waals surface area contributed by atoms with Crippen LogP contribution in [0.25, 0.3) is 10.9 Å². The maximum absolute atomic E-state index is 12.5. The molecule has 0 aliphatic rings. The lowest BCUT2D eigenvalue weighted by molar-refractivity contribution is 0.0937. The molecule has 0 aliphatic carbocycles. The Labute approximate surface area is 150 Å². The molecule has 0 saturated carbocycles. The first kappa shape index (κ1) is 17.2. The highest BCUT2D eigenvalue weighted by Gasteiger charge is 2.18. The minimum absolute atomic E-state index is 0.173. The van der Waals surface area contributed by atoms with Crippen molar-refractivity contribution in [3.05, 3.63) is 74.8 Å². The number of carbonyl (C=O) groups is 1. The number of halogens is 1. The van der Waals surface area contributed by atoms with E-state index < -0.39 is 6.04 Å². The van der Waals surface area contributed by atoms with Crippen molar-refractivity contribution in [3.8, 4) is 0 Å². The second-order valence-electron chi connectivity index (χ2n) is 6.01. The first-order valence-electron chi connectivity index (χ1n) is 7.91. The average Bonchev–Trinajstić information content (AvgIpc) is 2.58. The maximum atomic E-state index is 12.5. The van der Waals surface area contributed by atoms with E-state index in [0.29, 0.717) is 27.3 Å². The van der Waals surface area contributed by atoms with Gasteiger partial charge in [0.1, 0.15) is 5.82 Å². The van der Waals surface area contributed by atoms with Crippen LogP contribution in [0.4, 0.5) is 0 Å². The highest BCUT2D eigenvalue weighted by atomic mass is 35.5. The zero-order chi connectivity index (χ0) is 18.1. The first-order valence-corrected chi connectivity index (χ1v) is 8.29. The molecule has 5 nitrogen and oxygen atoms in total. The zero-order valence-electron chi connectivity index (χ0n) is 14.2. The Kier molecular flexibility index (Phi) is 4.59. The summed E-state index contributed by atoms with van der Waals surface area (Å²) in [5.74, 6) is 0.271. The number of aryl methyl sites for hydroxylation is 1. The SMILES string of the molecule is Cc1ccccc1C(=O)NC(C)c1nc2cc(Cl)ccc2c(=O)n1C. The van der Waals surface area contributed by atoms with E-state index in [0.717, 1.165) is 5.56 Å². The maximum Gasteiger partial charge on any atom is 0.261 e. The van der Waals surface area contributed by atoms with Gasteiger partial charge in [-0.2, -0.15) is 0 Å². The van der Waals surface area contributed by atoms with Gasteiger partial charge in [-0.3, -0.25) is 14.2 Å². The molecule has 1 aromatic heterocycles. The Balaban J connectivity index is 1.98. The lowest BCUT2D eigenvalue weighted by Gasteiger charge is -2.18. The van der Waals surface area contributed by atoms with Crippen LogP contribution in [0.3, 0.4) is 0 Å². The van der Waals surface area contributed by atoms with E-state index in [1.165, 1.54) is 4.57 Å². The van der Waals surface area contributed by atoms with Gasteiger partial charge in [0.15, 0.2) is 0 Å². The minimum Gasteiger partial charge on any atom is -0.342 e. The van der Waals surface area contributed by atoms with E-state index in [9.17, 15) is 9.59 Å². The Morgan fingerprint density at radius 1 is 1.24 bits per heavy atom. The van der Waals surface area contributed by atoms with Gasteiger partial charge in [0.25, 0.3) is 11.5 Å². The molecule has 0 aliphatic heterocycles.